The van der Waals surface area contributed by atoms with Gasteiger partial charge in [-0.3, -0.25) is 4.79 Å². The van der Waals surface area contributed by atoms with Gasteiger partial charge in [0, 0.05) is 36.8 Å². The van der Waals surface area contributed by atoms with Crippen LogP contribution in [0.5, 0.6) is 0 Å². The average molecular weight is 514 g/mol. The van der Waals surface area contributed by atoms with Crippen LogP contribution in [-0.2, 0) is 11.3 Å². The van der Waals surface area contributed by atoms with E-state index in [-0.39, 0.29) is 23.9 Å². The Kier molecular flexibility index (Phi) is 7.51. The first-order valence-electron chi connectivity index (χ1n) is 12.9. The van der Waals surface area contributed by atoms with Crippen LogP contribution in [0.15, 0.2) is 66.7 Å². The SMILES string of the molecule is COC(C)[C@@H]1CCCN1c1nc(NCc2ccc(NC(=O)c3ccc(F)cc3)cc2)c2ccc(C)cc2n1. The molecule has 0 saturated carbocycles. The Balaban J connectivity index is 1.33. The Hall–Kier alpha value is -4.04. The number of halogens is 1. The van der Waals surface area contributed by atoms with Gasteiger partial charge in [0.15, 0.2) is 0 Å². The number of nitrogens with zero attached hydrogens (tertiary/aromatic N) is 3. The fourth-order valence-corrected chi connectivity index (χ4v) is 4.87. The molecule has 38 heavy (non-hydrogen) atoms. The molecule has 2 atom stereocenters. The van der Waals surface area contributed by atoms with Crippen molar-refractivity contribution >= 4 is 34.3 Å². The third kappa shape index (κ3) is 5.60. The summed E-state index contributed by atoms with van der Waals surface area (Å²) >= 11 is 0. The van der Waals surface area contributed by atoms with E-state index in [1.165, 1.54) is 24.3 Å². The maximum atomic E-state index is 13.1. The van der Waals surface area contributed by atoms with Crippen LogP contribution in [0.3, 0.4) is 0 Å². The van der Waals surface area contributed by atoms with Gasteiger partial charge in [0.25, 0.3) is 5.91 Å². The third-order valence-corrected chi connectivity index (χ3v) is 7.09. The number of ether oxygens (including phenoxy) is 1. The zero-order valence-electron chi connectivity index (χ0n) is 21.9. The highest BCUT2D eigenvalue weighted by Gasteiger charge is 2.31. The topological polar surface area (TPSA) is 79.4 Å². The number of anilines is 3. The molecular formula is C30H32FN5O2. The summed E-state index contributed by atoms with van der Waals surface area (Å²) in [6.45, 7) is 5.62. The number of aromatic nitrogens is 2. The molecule has 0 radical (unpaired) electrons. The van der Waals surface area contributed by atoms with Gasteiger partial charge < -0.3 is 20.3 Å². The molecule has 1 aliphatic rings. The van der Waals surface area contributed by atoms with Crippen molar-refractivity contribution in [3.63, 3.8) is 0 Å². The van der Waals surface area contributed by atoms with Crippen LogP contribution in [0.25, 0.3) is 10.9 Å². The Bertz CT molecular complexity index is 1430. The first-order chi connectivity index (χ1) is 18.4. The normalized spacial score (nSPS) is 16.0. The van der Waals surface area contributed by atoms with Crippen molar-refractivity contribution in [2.45, 2.75) is 45.4 Å². The molecular weight excluding hydrogens is 481 g/mol. The van der Waals surface area contributed by atoms with E-state index in [1.54, 1.807) is 7.11 Å². The molecule has 1 unspecified atom stereocenters. The predicted molar refractivity (Wildman–Crippen MR) is 149 cm³/mol. The highest BCUT2D eigenvalue weighted by Crippen LogP contribution is 2.30. The summed E-state index contributed by atoms with van der Waals surface area (Å²) in [7, 11) is 1.75. The van der Waals surface area contributed by atoms with Gasteiger partial charge in [-0.25, -0.2) is 9.37 Å². The second kappa shape index (κ2) is 11.1. The predicted octanol–water partition coefficient (Wildman–Crippen LogP) is 5.95. The van der Waals surface area contributed by atoms with Crippen LogP contribution in [0.1, 0.15) is 41.3 Å². The number of hydrogen-bond donors (Lipinski definition) is 2. The van der Waals surface area contributed by atoms with Crippen molar-refractivity contribution in [1.29, 1.82) is 0 Å². The summed E-state index contributed by atoms with van der Waals surface area (Å²) in [5, 5.41) is 7.32. The minimum Gasteiger partial charge on any atom is -0.380 e. The van der Waals surface area contributed by atoms with E-state index >= 15 is 0 Å². The van der Waals surface area contributed by atoms with Crippen molar-refractivity contribution in [3.8, 4) is 0 Å². The molecule has 1 aliphatic heterocycles. The number of methoxy groups -OCH3 is 1. The van der Waals surface area contributed by atoms with Crippen LogP contribution in [0, 0.1) is 12.7 Å². The standard InChI is InChI=1S/C30H32FN5O2/c1-19-6-15-25-26(17-19)34-30(36-16-4-5-27(36)20(2)38-3)35-28(25)32-18-21-7-13-24(14-8-21)33-29(37)22-9-11-23(31)12-10-22/h6-15,17,20,27H,4-5,16,18H2,1-3H3,(H,33,37)(H,32,34,35)/t20?,27-/m0/s1. The summed E-state index contributed by atoms with van der Waals surface area (Å²) in [4.78, 5) is 24.6. The van der Waals surface area contributed by atoms with Gasteiger partial charge in [-0.1, -0.05) is 18.2 Å². The molecule has 1 amide bonds. The Labute approximate surface area is 222 Å². The van der Waals surface area contributed by atoms with Crippen molar-refractivity contribution in [3.05, 3.63) is 89.2 Å². The van der Waals surface area contributed by atoms with Gasteiger partial charge in [-0.15, -0.1) is 0 Å². The summed E-state index contributed by atoms with van der Waals surface area (Å²) in [5.41, 5.74) is 4.17. The Morgan fingerprint density at radius 1 is 1.11 bits per heavy atom. The largest absolute Gasteiger partial charge is 0.380 e. The lowest BCUT2D eigenvalue weighted by Gasteiger charge is -2.29. The van der Waals surface area contributed by atoms with E-state index in [9.17, 15) is 9.18 Å². The zero-order chi connectivity index (χ0) is 26.6. The van der Waals surface area contributed by atoms with Crippen molar-refractivity contribution in [1.82, 2.24) is 9.97 Å². The highest BCUT2D eigenvalue weighted by molar-refractivity contribution is 6.04. The van der Waals surface area contributed by atoms with E-state index in [1.807, 2.05) is 24.3 Å². The lowest BCUT2D eigenvalue weighted by molar-refractivity contribution is 0.0962. The summed E-state index contributed by atoms with van der Waals surface area (Å²) in [6.07, 6.45) is 2.23. The Morgan fingerprint density at radius 2 is 1.87 bits per heavy atom. The number of benzene rings is 3. The fourth-order valence-electron chi connectivity index (χ4n) is 4.87. The summed E-state index contributed by atoms with van der Waals surface area (Å²) in [5.74, 6) is 0.848. The number of hydrogen-bond acceptors (Lipinski definition) is 6. The van der Waals surface area contributed by atoms with Crippen LogP contribution in [0.4, 0.5) is 21.8 Å². The highest BCUT2D eigenvalue weighted by atomic mass is 19.1. The number of carbonyl (C=O) groups excluding carboxylic acids is 1. The van der Waals surface area contributed by atoms with E-state index in [0.29, 0.717) is 17.8 Å². The number of aryl methyl sites for hydroxylation is 1. The number of rotatable bonds is 8. The van der Waals surface area contributed by atoms with Crippen LogP contribution < -0.4 is 15.5 Å². The minimum absolute atomic E-state index is 0.0905. The molecule has 7 nitrogen and oxygen atoms in total. The smallest absolute Gasteiger partial charge is 0.255 e. The van der Waals surface area contributed by atoms with Gasteiger partial charge in [-0.2, -0.15) is 4.98 Å². The first-order valence-corrected chi connectivity index (χ1v) is 12.9. The van der Waals surface area contributed by atoms with Crippen molar-refractivity contribution in [2.75, 3.05) is 29.2 Å². The number of amides is 1. The molecule has 4 aromatic rings. The lowest BCUT2D eigenvalue weighted by Crippen LogP contribution is -2.39. The summed E-state index contributed by atoms with van der Waals surface area (Å²) < 4.78 is 18.8. The Morgan fingerprint density at radius 3 is 2.61 bits per heavy atom. The molecule has 1 aromatic heterocycles. The van der Waals surface area contributed by atoms with Gasteiger partial charge in [0.2, 0.25) is 5.95 Å². The molecule has 1 fully saturated rings. The number of carbonyl (C=O) groups is 1. The van der Waals surface area contributed by atoms with Crippen LogP contribution in [-0.4, -0.2) is 41.7 Å². The maximum Gasteiger partial charge on any atom is 0.255 e. The molecule has 5 rings (SSSR count). The quantitative estimate of drug-likeness (QED) is 0.303. The number of nitrogens with one attached hydrogen (secondary N) is 2. The third-order valence-electron chi connectivity index (χ3n) is 7.09. The molecule has 0 spiro atoms. The molecule has 3 aromatic carbocycles. The van der Waals surface area contributed by atoms with E-state index in [2.05, 4.69) is 47.6 Å². The second-order valence-electron chi connectivity index (χ2n) is 9.75. The molecule has 0 bridgehead atoms. The molecule has 0 aliphatic carbocycles. The van der Waals surface area contributed by atoms with Gasteiger partial charge in [-0.05, 0) is 86.3 Å². The second-order valence-corrected chi connectivity index (χ2v) is 9.75. The molecule has 2 N–H and O–H groups in total. The fraction of sp³-hybridized carbons (Fsp3) is 0.300. The molecule has 196 valence electrons. The van der Waals surface area contributed by atoms with Crippen molar-refractivity contribution < 1.29 is 13.9 Å². The lowest BCUT2D eigenvalue weighted by atomic mass is 10.1. The van der Waals surface area contributed by atoms with E-state index in [0.717, 1.165) is 53.2 Å². The zero-order valence-corrected chi connectivity index (χ0v) is 21.9. The van der Waals surface area contributed by atoms with Crippen LogP contribution in [0.2, 0.25) is 0 Å². The summed E-state index contributed by atoms with van der Waals surface area (Å²) in [6, 6.07) is 19.6. The van der Waals surface area contributed by atoms with Crippen molar-refractivity contribution in [2.24, 2.45) is 0 Å². The van der Waals surface area contributed by atoms with E-state index < -0.39 is 0 Å². The van der Waals surface area contributed by atoms with Crippen LogP contribution >= 0.6 is 0 Å². The molecule has 2 heterocycles. The van der Waals surface area contributed by atoms with Gasteiger partial charge in [0.1, 0.15) is 11.6 Å². The molecule has 8 heteroatoms. The van der Waals surface area contributed by atoms with E-state index in [4.69, 9.17) is 14.7 Å². The average Bonchev–Trinajstić information content (AvgIpc) is 3.42. The maximum absolute atomic E-state index is 13.1. The van der Waals surface area contributed by atoms with Gasteiger partial charge in [0.05, 0.1) is 17.7 Å². The number of fused-ring (bicyclic) bond motifs is 1. The minimum atomic E-state index is -0.373. The van der Waals surface area contributed by atoms with Gasteiger partial charge >= 0.3 is 0 Å². The first kappa shape index (κ1) is 25.6. The monoisotopic (exact) mass is 513 g/mol. The molecule has 1 saturated heterocycles.